The van der Waals surface area contributed by atoms with E-state index in [1.54, 1.807) is 24.3 Å². The Kier molecular flexibility index (Phi) is 6.55. The molecule has 0 bridgehead atoms. The van der Waals surface area contributed by atoms with Crippen molar-refractivity contribution in [3.05, 3.63) is 58.9 Å². The molecular weight excluding hydrogens is 392 g/mol. The SMILES string of the molecule is CC(C)(C)OC(=O)C(Oc1cnc(Cl)c(C(=O)c2ccccc2)c1)[C@H]1CCNC1. The molecule has 0 amide bonds. The van der Waals surface area contributed by atoms with Crippen molar-refractivity contribution in [3.8, 4) is 5.75 Å². The number of ether oxygens (including phenoxy) is 2. The van der Waals surface area contributed by atoms with E-state index in [1.807, 2.05) is 26.8 Å². The highest BCUT2D eigenvalue weighted by Gasteiger charge is 2.36. The lowest BCUT2D eigenvalue weighted by atomic mass is 10.0. The number of benzene rings is 1. The second-order valence-corrected chi connectivity index (χ2v) is 8.39. The number of carbonyl (C=O) groups is 2. The summed E-state index contributed by atoms with van der Waals surface area (Å²) in [4.78, 5) is 29.7. The summed E-state index contributed by atoms with van der Waals surface area (Å²) in [5.74, 6) is -0.424. The summed E-state index contributed by atoms with van der Waals surface area (Å²) >= 11 is 6.17. The molecular formula is C22H25ClN2O4. The van der Waals surface area contributed by atoms with Gasteiger partial charge in [-0.1, -0.05) is 41.9 Å². The van der Waals surface area contributed by atoms with Crippen molar-refractivity contribution in [2.45, 2.75) is 38.9 Å². The van der Waals surface area contributed by atoms with Crippen LogP contribution in [0.2, 0.25) is 5.15 Å². The first kappa shape index (κ1) is 21.3. The lowest BCUT2D eigenvalue weighted by Crippen LogP contribution is -2.41. The number of nitrogens with zero attached hydrogens (tertiary/aromatic N) is 1. The van der Waals surface area contributed by atoms with Crippen molar-refractivity contribution in [2.24, 2.45) is 5.92 Å². The van der Waals surface area contributed by atoms with Gasteiger partial charge in [-0.25, -0.2) is 9.78 Å². The molecule has 1 saturated heterocycles. The lowest BCUT2D eigenvalue weighted by Gasteiger charge is -2.27. The van der Waals surface area contributed by atoms with Crippen LogP contribution in [0.4, 0.5) is 0 Å². The zero-order valence-electron chi connectivity index (χ0n) is 16.8. The van der Waals surface area contributed by atoms with Crippen LogP contribution < -0.4 is 10.1 Å². The van der Waals surface area contributed by atoms with E-state index >= 15 is 0 Å². The van der Waals surface area contributed by atoms with Crippen molar-refractivity contribution in [1.29, 1.82) is 0 Å². The first-order chi connectivity index (χ1) is 13.7. The maximum Gasteiger partial charge on any atom is 0.348 e. The summed E-state index contributed by atoms with van der Waals surface area (Å²) in [6, 6.07) is 10.3. The Morgan fingerprint density at radius 2 is 1.97 bits per heavy atom. The molecule has 1 fully saturated rings. The fourth-order valence-corrected chi connectivity index (χ4v) is 3.37. The molecule has 29 heavy (non-hydrogen) atoms. The summed E-state index contributed by atoms with van der Waals surface area (Å²) in [6.45, 7) is 6.91. The molecule has 7 heteroatoms. The first-order valence-electron chi connectivity index (χ1n) is 9.60. The third kappa shape index (κ3) is 5.55. The molecule has 0 spiro atoms. The summed E-state index contributed by atoms with van der Waals surface area (Å²) in [6.07, 6.45) is 1.41. The Bertz CT molecular complexity index is 874. The normalized spacial score (nSPS) is 17.6. The van der Waals surface area contributed by atoms with Gasteiger partial charge in [0, 0.05) is 18.0 Å². The highest BCUT2D eigenvalue weighted by molar-refractivity contribution is 6.33. The van der Waals surface area contributed by atoms with E-state index < -0.39 is 17.7 Å². The number of hydrogen-bond donors (Lipinski definition) is 1. The van der Waals surface area contributed by atoms with Gasteiger partial charge in [0.25, 0.3) is 0 Å². The Balaban J connectivity index is 1.86. The number of ketones is 1. The number of esters is 1. The highest BCUT2D eigenvalue weighted by atomic mass is 35.5. The third-order valence-corrected chi connectivity index (χ3v) is 4.82. The zero-order chi connectivity index (χ0) is 21.0. The Hall–Kier alpha value is -2.44. The van der Waals surface area contributed by atoms with Gasteiger partial charge in [0.05, 0.1) is 11.8 Å². The van der Waals surface area contributed by atoms with E-state index in [1.165, 1.54) is 12.3 Å². The molecule has 1 aliphatic heterocycles. The average molecular weight is 417 g/mol. The molecule has 0 aliphatic carbocycles. The predicted molar refractivity (Wildman–Crippen MR) is 110 cm³/mol. The van der Waals surface area contributed by atoms with Crippen LogP contribution >= 0.6 is 11.6 Å². The van der Waals surface area contributed by atoms with E-state index in [0.29, 0.717) is 17.9 Å². The molecule has 1 aromatic carbocycles. The first-order valence-corrected chi connectivity index (χ1v) is 9.98. The van der Waals surface area contributed by atoms with Gasteiger partial charge in [-0.15, -0.1) is 0 Å². The van der Waals surface area contributed by atoms with Crippen LogP contribution in [0.1, 0.15) is 43.1 Å². The van der Waals surface area contributed by atoms with Crippen LogP contribution in [-0.2, 0) is 9.53 Å². The number of carbonyl (C=O) groups excluding carboxylic acids is 2. The molecule has 2 atom stereocenters. The van der Waals surface area contributed by atoms with Crippen LogP contribution in [0.5, 0.6) is 5.75 Å². The fourth-order valence-electron chi connectivity index (χ4n) is 3.18. The van der Waals surface area contributed by atoms with Gasteiger partial charge in [0.15, 0.2) is 11.9 Å². The van der Waals surface area contributed by atoms with E-state index in [-0.39, 0.29) is 22.4 Å². The minimum atomic E-state index is -0.799. The Labute approximate surface area is 175 Å². The topological polar surface area (TPSA) is 77.5 Å². The second-order valence-electron chi connectivity index (χ2n) is 8.03. The number of pyridine rings is 1. The third-order valence-electron chi connectivity index (χ3n) is 4.52. The maximum absolute atomic E-state index is 12.8. The quantitative estimate of drug-likeness (QED) is 0.440. The molecule has 1 unspecified atom stereocenters. The number of halogens is 1. The molecule has 0 saturated carbocycles. The van der Waals surface area contributed by atoms with Crippen LogP contribution in [0.15, 0.2) is 42.6 Å². The fraction of sp³-hybridized carbons (Fsp3) is 0.409. The van der Waals surface area contributed by atoms with Gasteiger partial charge < -0.3 is 14.8 Å². The molecule has 3 rings (SSSR count). The highest BCUT2D eigenvalue weighted by Crippen LogP contribution is 2.26. The van der Waals surface area contributed by atoms with Crippen molar-refractivity contribution in [3.63, 3.8) is 0 Å². The summed E-state index contributed by atoms with van der Waals surface area (Å²) < 4.78 is 11.5. The van der Waals surface area contributed by atoms with Crippen molar-refractivity contribution in [1.82, 2.24) is 10.3 Å². The largest absolute Gasteiger partial charge is 0.477 e. The number of aromatic nitrogens is 1. The van der Waals surface area contributed by atoms with Crippen LogP contribution in [0, 0.1) is 5.92 Å². The molecule has 2 aromatic rings. The van der Waals surface area contributed by atoms with Gasteiger partial charge in [-0.05, 0) is 39.8 Å². The summed E-state index contributed by atoms with van der Waals surface area (Å²) in [5.41, 5.74) is 0.0945. The Morgan fingerprint density at radius 3 is 2.59 bits per heavy atom. The monoisotopic (exact) mass is 416 g/mol. The lowest BCUT2D eigenvalue weighted by molar-refractivity contribution is -0.165. The van der Waals surface area contributed by atoms with Gasteiger partial charge >= 0.3 is 5.97 Å². The number of nitrogens with one attached hydrogen (secondary N) is 1. The molecule has 2 heterocycles. The molecule has 0 radical (unpaired) electrons. The van der Waals surface area contributed by atoms with Crippen molar-refractivity contribution in [2.75, 3.05) is 13.1 Å². The Morgan fingerprint density at radius 1 is 1.24 bits per heavy atom. The number of hydrogen-bond acceptors (Lipinski definition) is 6. The molecule has 154 valence electrons. The smallest absolute Gasteiger partial charge is 0.348 e. The van der Waals surface area contributed by atoms with Crippen LogP contribution in [0.3, 0.4) is 0 Å². The van der Waals surface area contributed by atoms with Crippen molar-refractivity contribution < 1.29 is 19.1 Å². The molecule has 1 N–H and O–H groups in total. The molecule has 1 aliphatic rings. The predicted octanol–water partition coefficient (Wildman–Crippen LogP) is 3.66. The van der Waals surface area contributed by atoms with Crippen LogP contribution in [0.25, 0.3) is 0 Å². The van der Waals surface area contributed by atoms with Crippen LogP contribution in [-0.4, -0.2) is 41.5 Å². The van der Waals surface area contributed by atoms with E-state index in [4.69, 9.17) is 21.1 Å². The number of rotatable bonds is 6. The van der Waals surface area contributed by atoms with Crippen molar-refractivity contribution >= 4 is 23.4 Å². The van der Waals surface area contributed by atoms with E-state index in [0.717, 1.165) is 13.0 Å². The average Bonchev–Trinajstić information content (AvgIpc) is 3.20. The van der Waals surface area contributed by atoms with Gasteiger partial charge in [-0.2, -0.15) is 0 Å². The second kappa shape index (κ2) is 8.93. The maximum atomic E-state index is 12.8. The van der Waals surface area contributed by atoms with E-state index in [9.17, 15) is 9.59 Å². The molecule has 6 nitrogen and oxygen atoms in total. The minimum Gasteiger partial charge on any atom is -0.477 e. The van der Waals surface area contributed by atoms with Gasteiger partial charge in [0.1, 0.15) is 16.5 Å². The van der Waals surface area contributed by atoms with E-state index in [2.05, 4.69) is 10.3 Å². The zero-order valence-corrected chi connectivity index (χ0v) is 17.5. The minimum absolute atomic E-state index is 0.0335. The summed E-state index contributed by atoms with van der Waals surface area (Å²) in [7, 11) is 0. The van der Waals surface area contributed by atoms with Gasteiger partial charge in [0.2, 0.25) is 0 Å². The van der Waals surface area contributed by atoms with Gasteiger partial charge in [-0.3, -0.25) is 4.79 Å². The molecule has 1 aromatic heterocycles. The standard InChI is InChI=1S/C22H25ClN2O4/c1-22(2,3)29-21(27)19(15-9-10-24-12-15)28-16-11-17(20(23)25-13-16)18(26)14-7-5-4-6-8-14/h4-8,11,13,15,19,24H,9-10,12H2,1-3H3/t15-,19?/m0/s1. The summed E-state index contributed by atoms with van der Waals surface area (Å²) in [5, 5.41) is 3.32.